The highest BCUT2D eigenvalue weighted by Crippen LogP contribution is 2.21. The first-order valence-corrected chi connectivity index (χ1v) is 9.28. The van der Waals surface area contributed by atoms with E-state index in [9.17, 15) is 17.6 Å². The van der Waals surface area contributed by atoms with E-state index in [2.05, 4.69) is 4.72 Å². The summed E-state index contributed by atoms with van der Waals surface area (Å²) in [6.45, 7) is 6.69. The topological polar surface area (TPSA) is 75.7 Å². The van der Waals surface area contributed by atoms with Crippen LogP contribution in [0.3, 0.4) is 0 Å². The first-order valence-electron chi connectivity index (χ1n) is 7.80. The van der Waals surface area contributed by atoms with Crippen LogP contribution in [0.5, 0.6) is 0 Å². The Morgan fingerprint density at radius 3 is 2.58 bits per heavy atom. The second kappa shape index (κ2) is 7.16. The van der Waals surface area contributed by atoms with Crippen molar-refractivity contribution in [3.05, 3.63) is 30.1 Å². The maximum atomic E-state index is 12.9. The fraction of sp³-hybridized carbons (Fsp3) is 0.562. The lowest BCUT2D eigenvalue weighted by Gasteiger charge is -2.41. The average Bonchev–Trinajstić information content (AvgIpc) is 2.45. The molecule has 0 spiro atoms. The molecular formula is C16H23FN2O4S. The lowest BCUT2D eigenvalue weighted by Crippen LogP contribution is -2.54. The van der Waals surface area contributed by atoms with E-state index in [-0.39, 0.29) is 29.9 Å². The highest BCUT2D eigenvalue weighted by Gasteiger charge is 2.33. The van der Waals surface area contributed by atoms with Gasteiger partial charge in [0.05, 0.1) is 16.6 Å². The Balaban J connectivity index is 1.89. The summed E-state index contributed by atoms with van der Waals surface area (Å²) in [4.78, 5) is 13.9. The smallest absolute Gasteiger partial charge is 0.240 e. The molecule has 1 aliphatic rings. The number of ether oxygens (including phenoxy) is 1. The number of nitrogens with one attached hydrogen (secondary N) is 1. The van der Waals surface area contributed by atoms with Crippen molar-refractivity contribution in [2.75, 3.05) is 19.6 Å². The van der Waals surface area contributed by atoms with Gasteiger partial charge in [-0.2, -0.15) is 0 Å². The van der Waals surface area contributed by atoms with Crippen molar-refractivity contribution in [1.82, 2.24) is 9.62 Å². The number of carbonyl (C=O) groups is 1. The molecule has 1 amide bonds. The fourth-order valence-electron chi connectivity index (χ4n) is 2.79. The number of carbonyl (C=O) groups excluding carboxylic acids is 1. The normalized spacial score (nSPS) is 20.8. The third-order valence-corrected chi connectivity index (χ3v) is 5.15. The Morgan fingerprint density at radius 1 is 1.38 bits per heavy atom. The molecule has 1 heterocycles. The van der Waals surface area contributed by atoms with E-state index in [1.54, 1.807) is 4.90 Å². The van der Waals surface area contributed by atoms with Crippen LogP contribution in [0.25, 0.3) is 0 Å². The van der Waals surface area contributed by atoms with E-state index < -0.39 is 21.4 Å². The highest BCUT2D eigenvalue weighted by molar-refractivity contribution is 7.89. The van der Waals surface area contributed by atoms with Crippen molar-refractivity contribution in [1.29, 1.82) is 0 Å². The van der Waals surface area contributed by atoms with Gasteiger partial charge in [0.1, 0.15) is 5.82 Å². The monoisotopic (exact) mass is 358 g/mol. The minimum absolute atomic E-state index is 0.00922. The Bertz CT molecular complexity index is 689. The standard InChI is InChI=1S/C16H23FN2O4S/c1-12-10-19(11-16(2,3)23-12)15(20)8-9-18-24(21,22)14-6-4-13(17)5-7-14/h4-7,12,18H,8-11H2,1-3H3/t12-/m0/s1. The lowest BCUT2D eigenvalue weighted by molar-refractivity contribution is -0.157. The number of amides is 1. The van der Waals surface area contributed by atoms with Crippen LogP contribution in [0.1, 0.15) is 27.2 Å². The molecule has 0 saturated carbocycles. The second-order valence-electron chi connectivity index (χ2n) is 6.56. The molecule has 6 nitrogen and oxygen atoms in total. The van der Waals surface area contributed by atoms with E-state index in [0.717, 1.165) is 12.1 Å². The van der Waals surface area contributed by atoms with Crippen molar-refractivity contribution in [2.24, 2.45) is 0 Å². The summed E-state index contributed by atoms with van der Waals surface area (Å²) in [5.41, 5.74) is -0.416. The van der Waals surface area contributed by atoms with Gasteiger partial charge < -0.3 is 9.64 Å². The molecule has 1 aliphatic heterocycles. The van der Waals surface area contributed by atoms with Crippen molar-refractivity contribution in [2.45, 2.75) is 43.8 Å². The minimum atomic E-state index is -3.75. The number of nitrogens with zero attached hydrogens (tertiary/aromatic N) is 1. The first-order chi connectivity index (χ1) is 11.1. The summed E-state index contributed by atoms with van der Waals surface area (Å²) < 4.78 is 45.1. The fourth-order valence-corrected chi connectivity index (χ4v) is 3.82. The summed E-state index contributed by atoms with van der Waals surface area (Å²) in [6.07, 6.45) is -0.00272. The highest BCUT2D eigenvalue weighted by atomic mass is 32.2. The molecule has 1 aromatic carbocycles. The second-order valence-corrected chi connectivity index (χ2v) is 8.33. The third-order valence-electron chi connectivity index (χ3n) is 3.68. The summed E-state index contributed by atoms with van der Waals surface area (Å²) in [5, 5.41) is 0. The molecule has 0 aliphatic carbocycles. The van der Waals surface area contributed by atoms with Crippen molar-refractivity contribution >= 4 is 15.9 Å². The van der Waals surface area contributed by atoms with Gasteiger partial charge in [-0.3, -0.25) is 4.79 Å². The van der Waals surface area contributed by atoms with Crippen LogP contribution in [0.4, 0.5) is 4.39 Å². The largest absolute Gasteiger partial charge is 0.369 e. The molecule has 8 heteroatoms. The van der Waals surface area contributed by atoms with Gasteiger partial charge in [-0.15, -0.1) is 0 Å². The van der Waals surface area contributed by atoms with Crippen LogP contribution in [-0.4, -0.2) is 50.6 Å². The van der Waals surface area contributed by atoms with E-state index in [1.807, 2.05) is 20.8 Å². The van der Waals surface area contributed by atoms with Crippen LogP contribution in [0, 0.1) is 5.82 Å². The van der Waals surface area contributed by atoms with Crippen molar-refractivity contribution in [3.63, 3.8) is 0 Å². The molecule has 1 saturated heterocycles. The van der Waals surface area contributed by atoms with E-state index in [4.69, 9.17) is 4.74 Å². The van der Waals surface area contributed by atoms with Crippen LogP contribution < -0.4 is 4.72 Å². The van der Waals surface area contributed by atoms with Gasteiger partial charge in [-0.05, 0) is 45.0 Å². The van der Waals surface area contributed by atoms with Gasteiger partial charge in [0.25, 0.3) is 0 Å². The predicted molar refractivity (Wildman–Crippen MR) is 87.4 cm³/mol. The summed E-state index contributed by atoms with van der Waals surface area (Å²) in [5.74, 6) is -0.631. The van der Waals surface area contributed by atoms with Gasteiger partial charge in [0.15, 0.2) is 0 Å². The van der Waals surface area contributed by atoms with Crippen LogP contribution in [0.2, 0.25) is 0 Å². The zero-order valence-electron chi connectivity index (χ0n) is 14.1. The molecule has 1 atom stereocenters. The van der Waals surface area contributed by atoms with E-state index in [1.165, 1.54) is 12.1 Å². The Kier molecular flexibility index (Phi) is 5.62. The predicted octanol–water partition coefficient (Wildman–Crippen LogP) is 1.52. The lowest BCUT2D eigenvalue weighted by atomic mass is 10.1. The Morgan fingerprint density at radius 2 is 2.00 bits per heavy atom. The van der Waals surface area contributed by atoms with Crippen LogP contribution in [-0.2, 0) is 19.6 Å². The van der Waals surface area contributed by atoms with Gasteiger partial charge in [-0.1, -0.05) is 0 Å². The molecule has 1 N–H and O–H groups in total. The number of rotatable bonds is 5. The molecule has 0 unspecified atom stereocenters. The minimum Gasteiger partial charge on any atom is -0.369 e. The molecule has 24 heavy (non-hydrogen) atoms. The summed E-state index contributed by atoms with van der Waals surface area (Å²) in [7, 11) is -3.75. The number of benzene rings is 1. The molecular weight excluding hydrogens is 335 g/mol. The molecule has 0 bridgehead atoms. The molecule has 2 rings (SSSR count). The zero-order valence-corrected chi connectivity index (χ0v) is 14.9. The Labute approximate surface area is 142 Å². The van der Waals surface area contributed by atoms with Gasteiger partial charge in [-0.25, -0.2) is 17.5 Å². The number of halogens is 1. The average molecular weight is 358 g/mol. The van der Waals surface area contributed by atoms with Crippen LogP contribution in [0.15, 0.2) is 29.2 Å². The van der Waals surface area contributed by atoms with Crippen LogP contribution >= 0.6 is 0 Å². The quantitative estimate of drug-likeness (QED) is 0.866. The van der Waals surface area contributed by atoms with E-state index in [0.29, 0.717) is 13.1 Å². The number of morpholine rings is 1. The number of sulfonamides is 1. The summed E-state index contributed by atoms with van der Waals surface area (Å²) in [6, 6.07) is 4.53. The first kappa shape index (κ1) is 18.8. The molecule has 1 aromatic rings. The van der Waals surface area contributed by atoms with Crippen molar-refractivity contribution in [3.8, 4) is 0 Å². The molecule has 134 valence electrons. The van der Waals surface area contributed by atoms with Gasteiger partial charge >= 0.3 is 0 Å². The molecule has 0 radical (unpaired) electrons. The number of hydrogen-bond acceptors (Lipinski definition) is 4. The van der Waals surface area contributed by atoms with Gasteiger partial charge in [0.2, 0.25) is 15.9 Å². The van der Waals surface area contributed by atoms with Gasteiger partial charge in [0, 0.05) is 26.1 Å². The summed E-state index contributed by atoms with van der Waals surface area (Å²) >= 11 is 0. The maximum absolute atomic E-state index is 12.9. The molecule has 1 fully saturated rings. The molecule has 0 aromatic heterocycles. The maximum Gasteiger partial charge on any atom is 0.240 e. The Hall–Kier alpha value is -1.51. The SMILES string of the molecule is C[C@H]1CN(C(=O)CCNS(=O)(=O)c2ccc(F)cc2)CC(C)(C)O1. The zero-order chi connectivity index (χ0) is 18.0. The van der Waals surface area contributed by atoms with Crippen molar-refractivity contribution < 1.29 is 22.3 Å². The third kappa shape index (κ3) is 4.99. The van der Waals surface area contributed by atoms with E-state index >= 15 is 0 Å². The number of hydrogen-bond donors (Lipinski definition) is 1.